The minimum absolute atomic E-state index is 0.179. The Morgan fingerprint density at radius 1 is 1.03 bits per heavy atom. The summed E-state index contributed by atoms with van der Waals surface area (Å²) in [4.78, 5) is 28.1. The predicted octanol–water partition coefficient (Wildman–Crippen LogP) is 4.38. The normalized spacial score (nSPS) is 12.3. The highest BCUT2D eigenvalue weighted by Gasteiger charge is 2.31. The molecule has 1 N–H and O–H groups in total. The van der Waals surface area contributed by atoms with Gasteiger partial charge in [-0.05, 0) is 42.5 Å². The first-order valence-corrected chi connectivity index (χ1v) is 14.1. The molecule has 2 amide bonds. The summed E-state index contributed by atoms with van der Waals surface area (Å²) in [6, 6.07) is 13.2. The van der Waals surface area contributed by atoms with Gasteiger partial charge in [0.25, 0.3) is 0 Å². The van der Waals surface area contributed by atoms with E-state index in [-0.39, 0.29) is 34.1 Å². The van der Waals surface area contributed by atoms with Crippen LogP contribution in [-0.4, -0.2) is 57.1 Å². The molecule has 0 saturated carbocycles. The maximum atomic E-state index is 13.6. The van der Waals surface area contributed by atoms with Crippen LogP contribution in [-0.2, 0) is 26.0 Å². The largest absolute Gasteiger partial charge is 0.354 e. The average Bonchev–Trinajstić information content (AvgIpc) is 2.77. The van der Waals surface area contributed by atoms with Gasteiger partial charge in [-0.25, -0.2) is 8.42 Å². The van der Waals surface area contributed by atoms with Gasteiger partial charge >= 0.3 is 0 Å². The molecule has 10 heteroatoms. The van der Waals surface area contributed by atoms with Crippen molar-refractivity contribution in [3.8, 4) is 0 Å². The summed E-state index contributed by atoms with van der Waals surface area (Å²) in [6.07, 6.45) is 1.91. The number of nitrogens with one attached hydrogen (secondary N) is 1. The van der Waals surface area contributed by atoms with E-state index in [0.29, 0.717) is 19.4 Å². The van der Waals surface area contributed by atoms with Crippen LogP contribution < -0.4 is 9.62 Å². The van der Waals surface area contributed by atoms with Gasteiger partial charge < -0.3 is 10.2 Å². The van der Waals surface area contributed by atoms with Gasteiger partial charge in [-0.15, -0.1) is 0 Å². The fourth-order valence-electron chi connectivity index (χ4n) is 3.62. The summed E-state index contributed by atoms with van der Waals surface area (Å²) in [6.45, 7) is 6.04. The highest BCUT2D eigenvalue weighted by molar-refractivity contribution is 7.92. The fraction of sp³-hybridized carbons (Fsp3) is 0.440. The molecule has 35 heavy (non-hydrogen) atoms. The predicted molar refractivity (Wildman–Crippen MR) is 142 cm³/mol. The van der Waals surface area contributed by atoms with Crippen LogP contribution >= 0.6 is 23.2 Å². The average molecular weight is 543 g/mol. The minimum Gasteiger partial charge on any atom is -0.354 e. The molecule has 0 spiro atoms. The maximum Gasteiger partial charge on any atom is 0.244 e. The lowest BCUT2D eigenvalue weighted by Crippen LogP contribution is -2.53. The molecular formula is C25H33Cl2N3O4S. The molecule has 7 nitrogen and oxygen atoms in total. The lowest BCUT2D eigenvalue weighted by Gasteiger charge is -2.33. The molecule has 0 unspecified atom stereocenters. The van der Waals surface area contributed by atoms with Gasteiger partial charge in [-0.3, -0.25) is 13.9 Å². The standard InChI is InChI=1S/C25H33Cl2N3O4S/c1-5-23(25(32)28-16-18(2)3)29(12-11-19-9-7-6-8-10-19)24(31)17-30(35(4,33)34)22-14-20(26)13-21(27)15-22/h6-10,13-15,18,23H,5,11-12,16-17H2,1-4H3,(H,28,32)/t23-/m1/s1. The van der Waals surface area contributed by atoms with E-state index in [2.05, 4.69) is 5.32 Å². The number of rotatable bonds is 12. The van der Waals surface area contributed by atoms with Gasteiger partial charge in [0.05, 0.1) is 11.9 Å². The third-order valence-electron chi connectivity index (χ3n) is 5.37. The van der Waals surface area contributed by atoms with Crippen molar-refractivity contribution in [2.45, 2.75) is 39.7 Å². The highest BCUT2D eigenvalue weighted by atomic mass is 35.5. The van der Waals surface area contributed by atoms with Crippen LogP contribution in [0.15, 0.2) is 48.5 Å². The summed E-state index contributed by atoms with van der Waals surface area (Å²) in [5.74, 6) is -0.508. The Kier molecular flexibility index (Phi) is 10.9. The first-order chi connectivity index (χ1) is 16.4. The number of nitrogens with zero attached hydrogens (tertiary/aromatic N) is 2. The van der Waals surface area contributed by atoms with E-state index in [1.165, 1.54) is 23.1 Å². The van der Waals surface area contributed by atoms with Gasteiger partial charge in [0.2, 0.25) is 21.8 Å². The van der Waals surface area contributed by atoms with Gasteiger partial charge in [0, 0.05) is 23.1 Å². The molecule has 0 bridgehead atoms. The summed E-state index contributed by atoms with van der Waals surface area (Å²) >= 11 is 12.2. The van der Waals surface area contributed by atoms with E-state index in [1.54, 1.807) is 0 Å². The monoisotopic (exact) mass is 541 g/mol. The molecule has 192 valence electrons. The zero-order valence-electron chi connectivity index (χ0n) is 20.5. The van der Waals surface area contributed by atoms with Gasteiger partial charge in [-0.1, -0.05) is 74.3 Å². The maximum absolute atomic E-state index is 13.6. The van der Waals surface area contributed by atoms with Crippen molar-refractivity contribution < 1.29 is 18.0 Å². The summed E-state index contributed by atoms with van der Waals surface area (Å²) in [5, 5.41) is 3.39. The molecule has 0 aromatic heterocycles. The van der Waals surface area contributed by atoms with Crippen LogP contribution in [0.4, 0.5) is 5.69 Å². The molecular weight excluding hydrogens is 509 g/mol. The van der Waals surface area contributed by atoms with Crippen LogP contribution in [0.3, 0.4) is 0 Å². The Morgan fingerprint density at radius 2 is 1.63 bits per heavy atom. The van der Waals surface area contributed by atoms with Crippen molar-refractivity contribution in [2.24, 2.45) is 5.92 Å². The molecule has 0 aliphatic heterocycles. The summed E-state index contributed by atoms with van der Waals surface area (Å²) in [5.41, 5.74) is 1.18. The second kappa shape index (κ2) is 13.1. The molecule has 0 saturated heterocycles. The molecule has 2 aromatic rings. The molecule has 2 aromatic carbocycles. The van der Waals surface area contributed by atoms with E-state index in [0.717, 1.165) is 16.1 Å². The van der Waals surface area contributed by atoms with Crippen LogP contribution in [0, 0.1) is 5.92 Å². The Morgan fingerprint density at radius 3 is 2.14 bits per heavy atom. The first kappa shape index (κ1) is 28.9. The molecule has 0 aliphatic carbocycles. The van der Waals surface area contributed by atoms with Crippen molar-refractivity contribution in [1.29, 1.82) is 0 Å². The second-order valence-electron chi connectivity index (χ2n) is 8.78. The number of hydrogen-bond acceptors (Lipinski definition) is 4. The minimum atomic E-state index is -3.85. The summed E-state index contributed by atoms with van der Waals surface area (Å²) in [7, 11) is -3.85. The van der Waals surface area contributed by atoms with Crippen molar-refractivity contribution in [1.82, 2.24) is 10.2 Å². The third kappa shape index (κ3) is 9.02. The zero-order chi connectivity index (χ0) is 26.2. The van der Waals surface area contributed by atoms with E-state index < -0.39 is 28.5 Å². The van der Waals surface area contributed by atoms with Gasteiger partial charge in [-0.2, -0.15) is 0 Å². The third-order valence-corrected chi connectivity index (χ3v) is 6.95. The quantitative estimate of drug-likeness (QED) is 0.431. The lowest BCUT2D eigenvalue weighted by molar-refractivity contribution is -0.139. The number of anilines is 1. The SMILES string of the molecule is CC[C@H](C(=O)NCC(C)C)N(CCc1ccccc1)C(=O)CN(c1cc(Cl)cc(Cl)c1)S(C)(=O)=O. The number of benzene rings is 2. The van der Waals surface area contributed by atoms with Gasteiger partial charge in [0.1, 0.15) is 12.6 Å². The molecule has 0 aliphatic rings. The van der Waals surface area contributed by atoms with Crippen LogP contribution in [0.25, 0.3) is 0 Å². The Balaban J connectivity index is 2.37. The number of carbonyl (C=O) groups is 2. The lowest BCUT2D eigenvalue weighted by atomic mass is 10.1. The Labute approximate surface area is 218 Å². The molecule has 0 heterocycles. The van der Waals surface area contributed by atoms with Crippen molar-refractivity contribution in [2.75, 3.05) is 30.2 Å². The highest BCUT2D eigenvalue weighted by Crippen LogP contribution is 2.27. The Bertz CT molecular complexity index is 1090. The molecule has 1 atom stereocenters. The summed E-state index contributed by atoms with van der Waals surface area (Å²) < 4.78 is 26.2. The van der Waals surface area contributed by atoms with Crippen LogP contribution in [0.1, 0.15) is 32.8 Å². The van der Waals surface area contributed by atoms with Crippen molar-refractivity contribution in [3.63, 3.8) is 0 Å². The number of sulfonamides is 1. The van der Waals surface area contributed by atoms with E-state index in [4.69, 9.17) is 23.2 Å². The van der Waals surface area contributed by atoms with E-state index >= 15 is 0 Å². The van der Waals surface area contributed by atoms with Crippen LogP contribution in [0.2, 0.25) is 10.0 Å². The zero-order valence-corrected chi connectivity index (χ0v) is 22.8. The molecule has 0 fully saturated rings. The van der Waals surface area contributed by atoms with E-state index in [1.807, 2.05) is 51.1 Å². The second-order valence-corrected chi connectivity index (χ2v) is 11.6. The first-order valence-electron chi connectivity index (χ1n) is 11.5. The number of halogens is 2. The topological polar surface area (TPSA) is 86.8 Å². The van der Waals surface area contributed by atoms with E-state index in [9.17, 15) is 18.0 Å². The van der Waals surface area contributed by atoms with Gasteiger partial charge in [0.15, 0.2) is 0 Å². The fourth-order valence-corrected chi connectivity index (χ4v) is 4.96. The molecule has 2 rings (SSSR count). The van der Waals surface area contributed by atoms with Crippen LogP contribution in [0.5, 0.6) is 0 Å². The number of amides is 2. The smallest absolute Gasteiger partial charge is 0.244 e. The van der Waals surface area contributed by atoms with Crippen molar-refractivity contribution >= 4 is 50.7 Å². The molecule has 0 radical (unpaired) electrons. The number of hydrogen-bond donors (Lipinski definition) is 1. The van der Waals surface area contributed by atoms with Crippen molar-refractivity contribution in [3.05, 3.63) is 64.1 Å². The number of carbonyl (C=O) groups excluding carboxylic acids is 2. The Hall–Kier alpha value is -2.29.